The summed E-state index contributed by atoms with van der Waals surface area (Å²) in [6.45, 7) is 2.07. The largest absolute Gasteiger partial charge is 0.315 e. The Morgan fingerprint density at radius 1 is 1.17 bits per heavy atom. The highest BCUT2D eigenvalue weighted by molar-refractivity contribution is 6.19. The Labute approximate surface area is 112 Å². The normalized spacial score (nSPS) is 10.6. The van der Waals surface area contributed by atoms with Gasteiger partial charge in [0.1, 0.15) is 0 Å². The Bertz CT molecular complexity index is 580. The third kappa shape index (κ3) is 2.65. The lowest BCUT2D eigenvalue weighted by molar-refractivity contribution is -0.117. The van der Waals surface area contributed by atoms with E-state index in [1.54, 1.807) is 11.9 Å². The number of nitrogens with zero attached hydrogens (tertiary/aromatic N) is 1. The Hall–Kier alpha value is -1.54. The first-order valence-electron chi connectivity index (χ1n) is 5.95. The summed E-state index contributed by atoms with van der Waals surface area (Å²) >= 11 is 5.59. The zero-order chi connectivity index (χ0) is 13.1. The van der Waals surface area contributed by atoms with Crippen LogP contribution in [0.15, 0.2) is 36.4 Å². The molecule has 2 nitrogen and oxygen atoms in total. The molecular formula is C15H16ClNO. The lowest BCUT2D eigenvalue weighted by Gasteiger charge is -2.17. The lowest BCUT2D eigenvalue weighted by atomic mass is 10.1. The maximum Gasteiger partial charge on any atom is 0.227 e. The van der Waals surface area contributed by atoms with Crippen LogP contribution in [0.3, 0.4) is 0 Å². The van der Waals surface area contributed by atoms with Crippen molar-refractivity contribution in [1.29, 1.82) is 0 Å². The maximum atomic E-state index is 11.8. The highest BCUT2D eigenvalue weighted by Crippen LogP contribution is 2.22. The van der Waals surface area contributed by atoms with Crippen LogP contribution in [0.25, 0.3) is 10.8 Å². The van der Waals surface area contributed by atoms with Crippen molar-refractivity contribution in [2.75, 3.05) is 17.8 Å². The van der Waals surface area contributed by atoms with Gasteiger partial charge in [-0.05, 0) is 29.8 Å². The summed E-state index contributed by atoms with van der Waals surface area (Å²) in [4.78, 5) is 13.4. The average molecular weight is 262 g/mol. The summed E-state index contributed by atoms with van der Waals surface area (Å²) < 4.78 is 0. The molecule has 0 N–H and O–H groups in total. The van der Waals surface area contributed by atoms with Crippen molar-refractivity contribution in [3.63, 3.8) is 0 Å². The quantitative estimate of drug-likeness (QED) is 0.771. The van der Waals surface area contributed by atoms with E-state index in [1.807, 2.05) is 18.2 Å². The van der Waals surface area contributed by atoms with E-state index < -0.39 is 0 Å². The molecule has 0 aliphatic rings. The van der Waals surface area contributed by atoms with Gasteiger partial charge in [-0.25, -0.2) is 0 Å². The van der Waals surface area contributed by atoms with Gasteiger partial charge in [0.15, 0.2) is 0 Å². The van der Waals surface area contributed by atoms with Gasteiger partial charge in [-0.3, -0.25) is 4.79 Å². The van der Waals surface area contributed by atoms with Crippen LogP contribution < -0.4 is 4.90 Å². The monoisotopic (exact) mass is 261 g/mol. The molecule has 0 unspecified atom stereocenters. The van der Waals surface area contributed by atoms with Gasteiger partial charge in [-0.2, -0.15) is 0 Å². The first-order chi connectivity index (χ1) is 8.61. The Kier molecular flexibility index (Phi) is 3.87. The second-order valence-electron chi connectivity index (χ2n) is 4.43. The van der Waals surface area contributed by atoms with Gasteiger partial charge in [0, 0.05) is 25.0 Å². The van der Waals surface area contributed by atoms with E-state index in [4.69, 9.17) is 11.6 Å². The smallest absolute Gasteiger partial charge is 0.227 e. The topological polar surface area (TPSA) is 20.3 Å². The second-order valence-corrected chi connectivity index (χ2v) is 4.80. The van der Waals surface area contributed by atoms with Crippen LogP contribution in [0.4, 0.5) is 5.69 Å². The van der Waals surface area contributed by atoms with E-state index in [1.165, 1.54) is 10.9 Å². The highest BCUT2D eigenvalue weighted by atomic mass is 35.5. The number of amides is 1. The van der Waals surface area contributed by atoms with E-state index in [2.05, 4.69) is 25.1 Å². The van der Waals surface area contributed by atoms with Crippen LogP contribution in [0.5, 0.6) is 0 Å². The molecule has 0 spiro atoms. The summed E-state index contributed by atoms with van der Waals surface area (Å²) in [5.74, 6) is 0.395. The molecule has 94 valence electrons. The molecule has 0 atom stereocenters. The minimum absolute atomic E-state index is 0.0384. The van der Waals surface area contributed by atoms with Crippen molar-refractivity contribution >= 4 is 34.0 Å². The fraction of sp³-hybridized carbons (Fsp3) is 0.267. The van der Waals surface area contributed by atoms with Gasteiger partial charge >= 0.3 is 0 Å². The fourth-order valence-corrected chi connectivity index (χ4v) is 2.12. The van der Waals surface area contributed by atoms with Gasteiger partial charge in [-0.15, -0.1) is 11.6 Å². The maximum absolute atomic E-state index is 11.8. The number of carbonyl (C=O) groups is 1. The van der Waals surface area contributed by atoms with Gasteiger partial charge < -0.3 is 4.90 Å². The molecule has 1 amide bonds. The Morgan fingerprint density at radius 2 is 1.83 bits per heavy atom. The molecular weight excluding hydrogens is 246 g/mol. The molecule has 0 fully saturated rings. The number of fused-ring (bicyclic) bond motifs is 1. The predicted octanol–water partition coefficient (Wildman–Crippen LogP) is 3.74. The number of halogens is 1. The molecule has 0 aliphatic carbocycles. The van der Waals surface area contributed by atoms with Crippen LogP contribution in [0.1, 0.15) is 12.0 Å². The molecule has 0 bridgehead atoms. The zero-order valence-electron chi connectivity index (χ0n) is 10.6. The minimum atomic E-state index is 0.0384. The predicted molar refractivity (Wildman–Crippen MR) is 77.4 cm³/mol. The van der Waals surface area contributed by atoms with Crippen molar-refractivity contribution in [1.82, 2.24) is 0 Å². The Morgan fingerprint density at radius 3 is 2.56 bits per heavy atom. The summed E-state index contributed by atoms with van der Waals surface area (Å²) in [5, 5.41) is 2.33. The van der Waals surface area contributed by atoms with E-state index in [9.17, 15) is 4.79 Å². The van der Waals surface area contributed by atoms with Crippen LogP contribution >= 0.6 is 11.6 Å². The van der Waals surface area contributed by atoms with Gasteiger partial charge in [0.25, 0.3) is 0 Å². The molecule has 2 aromatic rings. The fourth-order valence-electron chi connectivity index (χ4n) is 1.95. The zero-order valence-corrected chi connectivity index (χ0v) is 11.4. The molecule has 2 aromatic carbocycles. The molecule has 0 aromatic heterocycles. The lowest BCUT2D eigenvalue weighted by Crippen LogP contribution is -2.26. The molecule has 2 rings (SSSR count). The SMILES string of the molecule is Cc1ccc2cc(N(C)C(=O)CCCl)ccc2c1. The average Bonchev–Trinajstić information content (AvgIpc) is 2.37. The van der Waals surface area contributed by atoms with Crippen LogP contribution in [-0.4, -0.2) is 18.8 Å². The van der Waals surface area contributed by atoms with Gasteiger partial charge in [0.05, 0.1) is 0 Å². The summed E-state index contributed by atoms with van der Waals surface area (Å²) in [5.41, 5.74) is 2.14. The van der Waals surface area contributed by atoms with Crippen molar-refractivity contribution < 1.29 is 4.79 Å². The number of hydrogen-bond acceptors (Lipinski definition) is 1. The summed E-state index contributed by atoms with van der Waals surface area (Å²) in [6, 6.07) is 12.3. The number of benzene rings is 2. The first kappa shape index (κ1) is 12.9. The van der Waals surface area contributed by atoms with Crippen LogP contribution in [0.2, 0.25) is 0 Å². The molecule has 0 saturated heterocycles. The number of rotatable bonds is 3. The van der Waals surface area contributed by atoms with E-state index in [0.29, 0.717) is 12.3 Å². The number of carbonyl (C=O) groups excluding carboxylic acids is 1. The summed E-state index contributed by atoms with van der Waals surface area (Å²) in [6.07, 6.45) is 0.365. The molecule has 0 radical (unpaired) electrons. The summed E-state index contributed by atoms with van der Waals surface area (Å²) in [7, 11) is 1.78. The van der Waals surface area contributed by atoms with Crippen molar-refractivity contribution in [3.05, 3.63) is 42.0 Å². The van der Waals surface area contributed by atoms with E-state index >= 15 is 0 Å². The number of hydrogen-bond donors (Lipinski definition) is 0. The van der Waals surface area contributed by atoms with Crippen LogP contribution in [-0.2, 0) is 4.79 Å². The second kappa shape index (κ2) is 5.40. The van der Waals surface area contributed by atoms with Crippen molar-refractivity contribution in [2.24, 2.45) is 0 Å². The molecule has 0 saturated carbocycles. The molecule has 18 heavy (non-hydrogen) atoms. The van der Waals surface area contributed by atoms with E-state index in [-0.39, 0.29) is 5.91 Å². The molecule has 3 heteroatoms. The minimum Gasteiger partial charge on any atom is -0.315 e. The van der Waals surface area contributed by atoms with Crippen LogP contribution in [0, 0.1) is 6.92 Å². The number of anilines is 1. The van der Waals surface area contributed by atoms with Crippen molar-refractivity contribution in [3.8, 4) is 0 Å². The highest BCUT2D eigenvalue weighted by Gasteiger charge is 2.10. The number of aryl methyl sites for hydroxylation is 1. The van der Waals surface area contributed by atoms with Gasteiger partial charge in [0.2, 0.25) is 5.91 Å². The standard InChI is InChI=1S/C15H16ClNO/c1-11-3-4-13-10-14(6-5-12(13)9-11)17(2)15(18)7-8-16/h3-6,9-10H,7-8H2,1-2H3. The first-order valence-corrected chi connectivity index (χ1v) is 6.48. The third-order valence-electron chi connectivity index (χ3n) is 3.05. The van der Waals surface area contributed by atoms with Gasteiger partial charge in [-0.1, -0.05) is 29.8 Å². The number of alkyl halides is 1. The van der Waals surface area contributed by atoms with E-state index in [0.717, 1.165) is 11.1 Å². The van der Waals surface area contributed by atoms with Crippen molar-refractivity contribution in [2.45, 2.75) is 13.3 Å². The molecule has 0 aliphatic heterocycles. The third-order valence-corrected chi connectivity index (χ3v) is 3.24. The molecule has 0 heterocycles. The Balaban J connectivity index is 2.35.